The number of aliphatic hydroxyl groups excluding tert-OH is 3. The minimum absolute atomic E-state index is 0.177. The van der Waals surface area contributed by atoms with Gasteiger partial charge in [0.15, 0.2) is 12.1 Å². The third kappa shape index (κ3) is 4.15. The van der Waals surface area contributed by atoms with Gasteiger partial charge in [0.05, 0.1) is 6.61 Å². The smallest absolute Gasteiger partial charge is 0.217 e. The van der Waals surface area contributed by atoms with Crippen LogP contribution >= 0.6 is 12.2 Å². The van der Waals surface area contributed by atoms with E-state index in [2.05, 4.69) is 10.3 Å². The molecule has 10 nitrogen and oxygen atoms in total. The van der Waals surface area contributed by atoms with Gasteiger partial charge >= 0.3 is 0 Å². The highest BCUT2D eigenvalue weighted by atomic mass is 32.1. The third-order valence-electron chi connectivity index (χ3n) is 5.97. The minimum Gasteiger partial charge on any atom is -0.394 e. The van der Waals surface area contributed by atoms with Gasteiger partial charge in [0.1, 0.15) is 24.4 Å². The Morgan fingerprint density at radius 1 is 1.26 bits per heavy atom. The highest BCUT2D eigenvalue weighted by Gasteiger charge is 2.46. The summed E-state index contributed by atoms with van der Waals surface area (Å²) in [6.45, 7) is 0.808. The Balaban J connectivity index is 1.83. The van der Waals surface area contributed by atoms with E-state index in [0.29, 0.717) is 10.6 Å². The SMILES string of the molecule is CC(=O)N[C@@H]1[C@@H](O)[C@H](O)[C@@H](CO)O[C@H]1n1nc(-c2ccncc2)n(C2CCCC2)c1=S. The van der Waals surface area contributed by atoms with Gasteiger partial charge in [-0.05, 0) is 37.2 Å². The van der Waals surface area contributed by atoms with Gasteiger partial charge in [-0.3, -0.25) is 14.3 Å². The van der Waals surface area contributed by atoms with Crippen molar-refractivity contribution < 1.29 is 24.9 Å². The van der Waals surface area contributed by atoms with Crippen LogP contribution in [0.1, 0.15) is 44.9 Å². The quantitative estimate of drug-likeness (QED) is 0.490. The van der Waals surface area contributed by atoms with Crippen LogP contribution in [0, 0.1) is 4.77 Å². The van der Waals surface area contributed by atoms with Crippen molar-refractivity contribution in [3.8, 4) is 11.4 Å². The van der Waals surface area contributed by atoms with Crippen LogP contribution in [0.25, 0.3) is 11.4 Å². The number of nitrogens with one attached hydrogen (secondary N) is 1. The number of amides is 1. The average molecular weight is 450 g/mol. The average Bonchev–Trinajstić information content (AvgIpc) is 3.40. The monoisotopic (exact) mass is 449 g/mol. The van der Waals surface area contributed by atoms with Crippen LogP contribution in [-0.2, 0) is 9.53 Å². The summed E-state index contributed by atoms with van der Waals surface area (Å²) in [5.74, 6) is 0.244. The summed E-state index contributed by atoms with van der Waals surface area (Å²) in [6.07, 6.45) is 2.69. The zero-order chi connectivity index (χ0) is 22.1. The molecule has 0 aromatic carbocycles. The number of aliphatic hydroxyl groups is 3. The third-order valence-corrected chi connectivity index (χ3v) is 6.36. The van der Waals surface area contributed by atoms with Gasteiger partial charge in [-0.25, -0.2) is 4.68 Å². The molecule has 4 N–H and O–H groups in total. The van der Waals surface area contributed by atoms with Crippen molar-refractivity contribution >= 4 is 18.1 Å². The molecule has 0 spiro atoms. The summed E-state index contributed by atoms with van der Waals surface area (Å²) in [7, 11) is 0. The van der Waals surface area contributed by atoms with Crippen LogP contribution < -0.4 is 5.32 Å². The van der Waals surface area contributed by atoms with E-state index in [1.165, 1.54) is 11.6 Å². The van der Waals surface area contributed by atoms with E-state index in [-0.39, 0.29) is 6.04 Å². The van der Waals surface area contributed by atoms with Gasteiger partial charge in [0.2, 0.25) is 10.7 Å². The molecular weight excluding hydrogens is 422 g/mol. The van der Waals surface area contributed by atoms with E-state index in [0.717, 1.165) is 31.2 Å². The number of nitrogens with zero attached hydrogens (tertiary/aromatic N) is 4. The molecule has 1 aliphatic heterocycles. The standard InChI is InChI=1S/C20H27N5O5S/c1-11(27)22-15-17(29)16(28)14(10-26)30-19(15)25-20(31)24(13-4-2-3-5-13)18(23-25)12-6-8-21-9-7-12/h6-9,13-17,19,26,28-29H,2-5,10H2,1H3,(H,22,27)/t14-,15-,16-,17-,19-/m1/s1. The van der Waals surface area contributed by atoms with Crippen LogP contribution in [-0.4, -0.2) is 71.5 Å². The second-order valence-electron chi connectivity index (χ2n) is 8.05. The van der Waals surface area contributed by atoms with Gasteiger partial charge in [-0.15, -0.1) is 5.10 Å². The lowest BCUT2D eigenvalue weighted by molar-refractivity contribution is -0.219. The van der Waals surface area contributed by atoms with E-state index >= 15 is 0 Å². The molecule has 0 radical (unpaired) electrons. The molecular formula is C20H27N5O5S. The fraction of sp³-hybridized carbons (Fsp3) is 0.600. The predicted molar refractivity (Wildman–Crippen MR) is 112 cm³/mol. The van der Waals surface area contributed by atoms with Crippen molar-refractivity contribution in [2.45, 2.75) is 69.2 Å². The lowest BCUT2D eigenvalue weighted by Crippen LogP contribution is -2.62. The number of ether oxygens (including phenoxy) is 1. The molecule has 3 heterocycles. The van der Waals surface area contributed by atoms with Crippen molar-refractivity contribution in [3.63, 3.8) is 0 Å². The Labute approximate surface area is 184 Å². The summed E-state index contributed by atoms with van der Waals surface area (Å²) in [6, 6.07) is 2.86. The minimum atomic E-state index is -1.37. The van der Waals surface area contributed by atoms with E-state index < -0.39 is 43.1 Å². The van der Waals surface area contributed by atoms with Gasteiger partial charge in [-0.1, -0.05) is 12.8 Å². The maximum atomic E-state index is 11.8. The highest BCUT2D eigenvalue weighted by Crippen LogP contribution is 2.36. The highest BCUT2D eigenvalue weighted by molar-refractivity contribution is 7.71. The van der Waals surface area contributed by atoms with Gasteiger partial charge in [0, 0.05) is 30.9 Å². The summed E-state index contributed by atoms with van der Waals surface area (Å²) in [5.41, 5.74) is 0.831. The number of carbonyl (C=O) groups excluding carboxylic acids is 1. The Morgan fingerprint density at radius 3 is 2.55 bits per heavy atom. The zero-order valence-corrected chi connectivity index (χ0v) is 18.0. The number of rotatable bonds is 5. The van der Waals surface area contributed by atoms with Crippen LogP contribution in [0.5, 0.6) is 0 Å². The van der Waals surface area contributed by atoms with E-state index in [4.69, 9.17) is 22.1 Å². The molecule has 4 rings (SSSR count). The molecule has 1 saturated carbocycles. The molecule has 2 fully saturated rings. The normalized spacial score (nSPS) is 29.2. The molecule has 2 aromatic heterocycles. The Hall–Kier alpha value is -2.18. The van der Waals surface area contributed by atoms with E-state index in [1.54, 1.807) is 12.4 Å². The van der Waals surface area contributed by atoms with Crippen molar-refractivity contribution in [1.82, 2.24) is 24.6 Å². The van der Waals surface area contributed by atoms with Crippen LogP contribution in [0.4, 0.5) is 0 Å². The van der Waals surface area contributed by atoms with Gasteiger partial charge < -0.3 is 25.4 Å². The molecule has 168 valence electrons. The van der Waals surface area contributed by atoms with Crippen molar-refractivity contribution in [3.05, 3.63) is 29.3 Å². The first-order chi connectivity index (χ1) is 14.9. The number of hydrogen-bond donors (Lipinski definition) is 4. The molecule has 1 aliphatic carbocycles. The molecule has 5 atom stereocenters. The number of aromatic nitrogens is 4. The molecule has 0 unspecified atom stereocenters. The molecule has 0 bridgehead atoms. The summed E-state index contributed by atoms with van der Waals surface area (Å²) in [5, 5.41) is 38.0. The molecule has 1 saturated heterocycles. The molecule has 1 amide bonds. The Kier molecular flexibility index (Phi) is 6.49. The van der Waals surface area contributed by atoms with Crippen molar-refractivity contribution in [2.75, 3.05) is 6.61 Å². The predicted octanol–water partition coefficient (Wildman–Crippen LogP) is 0.707. The second kappa shape index (κ2) is 9.13. The Morgan fingerprint density at radius 2 is 1.94 bits per heavy atom. The largest absolute Gasteiger partial charge is 0.394 e. The number of pyridine rings is 1. The maximum Gasteiger partial charge on any atom is 0.217 e. The van der Waals surface area contributed by atoms with Crippen molar-refractivity contribution in [2.24, 2.45) is 0 Å². The first-order valence-corrected chi connectivity index (χ1v) is 10.8. The second-order valence-corrected chi connectivity index (χ2v) is 8.42. The summed E-state index contributed by atoms with van der Waals surface area (Å²) < 4.78 is 9.74. The molecule has 11 heteroatoms. The Bertz CT molecular complexity index is 974. The van der Waals surface area contributed by atoms with Gasteiger partial charge in [-0.2, -0.15) is 0 Å². The fourth-order valence-corrected chi connectivity index (χ4v) is 4.83. The summed E-state index contributed by atoms with van der Waals surface area (Å²) >= 11 is 5.79. The lowest BCUT2D eigenvalue weighted by atomic mass is 9.96. The maximum absolute atomic E-state index is 11.8. The molecule has 31 heavy (non-hydrogen) atoms. The van der Waals surface area contributed by atoms with E-state index in [1.807, 2.05) is 16.7 Å². The fourth-order valence-electron chi connectivity index (χ4n) is 4.45. The first-order valence-electron chi connectivity index (χ1n) is 10.4. The first kappa shape index (κ1) is 22.0. The zero-order valence-electron chi connectivity index (χ0n) is 17.2. The van der Waals surface area contributed by atoms with Crippen LogP contribution in [0.3, 0.4) is 0 Å². The number of carbonyl (C=O) groups is 1. The van der Waals surface area contributed by atoms with E-state index in [9.17, 15) is 20.1 Å². The van der Waals surface area contributed by atoms with Crippen LogP contribution in [0.2, 0.25) is 0 Å². The van der Waals surface area contributed by atoms with Gasteiger partial charge in [0.25, 0.3) is 0 Å². The topological polar surface area (TPSA) is 135 Å². The lowest BCUT2D eigenvalue weighted by Gasteiger charge is -2.42. The van der Waals surface area contributed by atoms with Crippen molar-refractivity contribution in [1.29, 1.82) is 0 Å². The molecule has 2 aliphatic rings. The summed E-state index contributed by atoms with van der Waals surface area (Å²) in [4.78, 5) is 15.9. The number of hydrogen-bond acceptors (Lipinski definition) is 8. The molecule has 2 aromatic rings. The van der Waals surface area contributed by atoms with Crippen LogP contribution in [0.15, 0.2) is 24.5 Å².